The van der Waals surface area contributed by atoms with E-state index in [0.717, 1.165) is 13.1 Å². The van der Waals surface area contributed by atoms with Gasteiger partial charge in [-0.05, 0) is 6.20 Å². The lowest BCUT2D eigenvalue weighted by Crippen LogP contribution is -2.37. The van der Waals surface area contributed by atoms with Crippen molar-refractivity contribution in [1.82, 2.24) is 9.80 Å². The lowest BCUT2D eigenvalue weighted by Gasteiger charge is -2.25. The largest absolute Gasteiger partial charge is 0.395 e. The summed E-state index contributed by atoms with van der Waals surface area (Å²) in [6.07, 6.45) is 1.69. The predicted octanol–water partition coefficient (Wildman–Crippen LogP) is -1.29. The Morgan fingerprint density at radius 3 is 1.73 bits per heavy atom. The van der Waals surface area contributed by atoms with Gasteiger partial charge in [-0.15, -0.1) is 0 Å². The van der Waals surface area contributed by atoms with Gasteiger partial charge in [-0.2, -0.15) is 0 Å². The van der Waals surface area contributed by atoms with Crippen LogP contribution in [0.1, 0.15) is 0 Å². The Kier molecular flexibility index (Phi) is 9.51. The number of nitrogens with zero attached hydrogens (tertiary/aromatic N) is 2. The molecule has 0 aromatic heterocycles. The van der Waals surface area contributed by atoms with E-state index >= 15 is 0 Å². The molecule has 0 fully saturated rings. The van der Waals surface area contributed by atoms with Crippen molar-refractivity contribution in [3.63, 3.8) is 0 Å². The van der Waals surface area contributed by atoms with E-state index in [4.69, 9.17) is 15.3 Å². The van der Waals surface area contributed by atoms with E-state index in [-0.39, 0.29) is 19.8 Å². The molecule has 0 amide bonds. The average molecular weight is 218 g/mol. The van der Waals surface area contributed by atoms with Gasteiger partial charge in [0.15, 0.2) is 0 Å². The van der Waals surface area contributed by atoms with Gasteiger partial charge in [0.05, 0.1) is 19.8 Å². The molecule has 0 aromatic carbocycles. The molecule has 0 heterocycles. The fourth-order valence-corrected chi connectivity index (χ4v) is 1.31. The number of aliphatic hydroxyl groups excluding tert-OH is 3. The minimum atomic E-state index is 0.0914. The van der Waals surface area contributed by atoms with Crippen LogP contribution in [-0.4, -0.2) is 77.7 Å². The first-order valence-electron chi connectivity index (χ1n) is 5.20. The van der Waals surface area contributed by atoms with Crippen LogP contribution in [0.2, 0.25) is 0 Å². The summed E-state index contributed by atoms with van der Waals surface area (Å²) in [5.41, 5.74) is 0. The summed E-state index contributed by atoms with van der Waals surface area (Å²) in [6, 6.07) is 0. The fourth-order valence-electron chi connectivity index (χ4n) is 1.31. The third-order valence-corrected chi connectivity index (χ3v) is 2.18. The Hall–Kier alpha value is -0.620. The van der Waals surface area contributed by atoms with Crippen molar-refractivity contribution < 1.29 is 15.3 Å². The smallest absolute Gasteiger partial charge is 0.0606 e. The molecular weight excluding hydrogens is 196 g/mol. The Labute approximate surface area is 91.2 Å². The second kappa shape index (κ2) is 9.92. The maximum absolute atomic E-state index is 8.79. The van der Waals surface area contributed by atoms with Crippen LogP contribution in [0.3, 0.4) is 0 Å². The maximum atomic E-state index is 8.79. The zero-order chi connectivity index (χ0) is 11.5. The molecule has 0 rings (SSSR count). The Morgan fingerprint density at radius 2 is 1.33 bits per heavy atom. The normalized spacial score (nSPS) is 10.7. The van der Waals surface area contributed by atoms with Crippen LogP contribution in [0.5, 0.6) is 0 Å². The molecule has 15 heavy (non-hydrogen) atoms. The van der Waals surface area contributed by atoms with Crippen molar-refractivity contribution in [3.05, 3.63) is 12.8 Å². The van der Waals surface area contributed by atoms with Crippen LogP contribution in [0.15, 0.2) is 12.8 Å². The monoisotopic (exact) mass is 218 g/mol. The molecule has 0 spiro atoms. The van der Waals surface area contributed by atoms with Gasteiger partial charge in [0, 0.05) is 32.7 Å². The van der Waals surface area contributed by atoms with Crippen LogP contribution < -0.4 is 0 Å². The highest BCUT2D eigenvalue weighted by atomic mass is 16.3. The molecule has 0 aliphatic rings. The second-order valence-corrected chi connectivity index (χ2v) is 3.23. The van der Waals surface area contributed by atoms with Crippen LogP contribution in [0.4, 0.5) is 0 Å². The molecule has 90 valence electrons. The molecule has 3 N–H and O–H groups in total. The molecule has 0 aliphatic carbocycles. The summed E-state index contributed by atoms with van der Waals surface area (Å²) in [4.78, 5) is 3.87. The van der Waals surface area contributed by atoms with Crippen LogP contribution >= 0.6 is 0 Å². The number of hydrogen-bond acceptors (Lipinski definition) is 5. The Bertz CT molecular complexity index is 150. The van der Waals surface area contributed by atoms with Crippen LogP contribution in [-0.2, 0) is 0 Å². The van der Waals surface area contributed by atoms with Gasteiger partial charge in [0.25, 0.3) is 0 Å². The highest BCUT2D eigenvalue weighted by molar-refractivity contribution is 4.72. The molecule has 0 saturated carbocycles. The quantitative estimate of drug-likeness (QED) is 0.426. The number of rotatable bonds is 10. The summed E-state index contributed by atoms with van der Waals surface area (Å²) >= 11 is 0. The standard InChI is InChI=1S/C10H22N2O3/c1-2-11(5-8-13)3-4-12(6-9-14)7-10-15/h2,13-15H,1,3-10H2. The topological polar surface area (TPSA) is 67.2 Å². The molecule has 0 aromatic rings. The number of aliphatic hydroxyl groups is 3. The summed E-state index contributed by atoms with van der Waals surface area (Å²) in [7, 11) is 0. The van der Waals surface area contributed by atoms with Crippen LogP contribution in [0.25, 0.3) is 0 Å². The van der Waals surface area contributed by atoms with Gasteiger partial charge >= 0.3 is 0 Å². The van der Waals surface area contributed by atoms with E-state index < -0.39 is 0 Å². The predicted molar refractivity (Wildman–Crippen MR) is 59.5 cm³/mol. The van der Waals surface area contributed by atoms with Crippen molar-refractivity contribution in [2.45, 2.75) is 0 Å². The zero-order valence-corrected chi connectivity index (χ0v) is 9.18. The van der Waals surface area contributed by atoms with E-state index in [9.17, 15) is 0 Å². The van der Waals surface area contributed by atoms with Gasteiger partial charge < -0.3 is 20.2 Å². The molecule has 0 unspecified atom stereocenters. The maximum Gasteiger partial charge on any atom is 0.0606 e. The van der Waals surface area contributed by atoms with Gasteiger partial charge in [-0.3, -0.25) is 4.90 Å². The highest BCUT2D eigenvalue weighted by Gasteiger charge is 2.05. The van der Waals surface area contributed by atoms with Crippen LogP contribution in [0, 0.1) is 0 Å². The van der Waals surface area contributed by atoms with E-state index in [1.807, 2.05) is 9.80 Å². The van der Waals surface area contributed by atoms with Crippen molar-refractivity contribution in [1.29, 1.82) is 0 Å². The van der Waals surface area contributed by atoms with Crippen molar-refractivity contribution in [2.24, 2.45) is 0 Å². The highest BCUT2D eigenvalue weighted by Crippen LogP contribution is 1.92. The molecule has 0 bridgehead atoms. The Morgan fingerprint density at radius 1 is 0.800 bits per heavy atom. The molecule has 0 saturated heterocycles. The van der Waals surface area contributed by atoms with E-state index in [1.54, 1.807) is 6.20 Å². The summed E-state index contributed by atoms with van der Waals surface area (Å²) in [6.45, 7) is 7.10. The molecule has 5 nitrogen and oxygen atoms in total. The van der Waals surface area contributed by atoms with E-state index in [2.05, 4.69) is 6.58 Å². The lowest BCUT2D eigenvalue weighted by molar-refractivity contribution is 0.146. The molecule has 0 aliphatic heterocycles. The van der Waals surface area contributed by atoms with E-state index in [1.165, 1.54) is 0 Å². The Balaban J connectivity index is 3.78. The van der Waals surface area contributed by atoms with E-state index in [0.29, 0.717) is 19.6 Å². The first kappa shape index (κ1) is 14.4. The van der Waals surface area contributed by atoms with Crippen molar-refractivity contribution >= 4 is 0 Å². The van der Waals surface area contributed by atoms with Gasteiger partial charge in [-0.1, -0.05) is 6.58 Å². The third kappa shape index (κ3) is 7.33. The third-order valence-electron chi connectivity index (χ3n) is 2.18. The summed E-state index contributed by atoms with van der Waals surface area (Å²) in [5.74, 6) is 0. The van der Waals surface area contributed by atoms with Gasteiger partial charge in [0.1, 0.15) is 0 Å². The summed E-state index contributed by atoms with van der Waals surface area (Å²) < 4.78 is 0. The number of hydrogen-bond donors (Lipinski definition) is 3. The minimum Gasteiger partial charge on any atom is -0.395 e. The average Bonchev–Trinajstić information content (AvgIpc) is 2.24. The molecule has 0 radical (unpaired) electrons. The molecule has 0 atom stereocenters. The zero-order valence-electron chi connectivity index (χ0n) is 9.18. The second-order valence-electron chi connectivity index (χ2n) is 3.23. The van der Waals surface area contributed by atoms with Crippen molar-refractivity contribution in [2.75, 3.05) is 52.5 Å². The molecular formula is C10H22N2O3. The SMILES string of the molecule is C=CN(CCO)CCN(CCO)CCO. The van der Waals surface area contributed by atoms with Crippen molar-refractivity contribution in [3.8, 4) is 0 Å². The van der Waals surface area contributed by atoms with Gasteiger partial charge in [-0.25, -0.2) is 0 Å². The minimum absolute atomic E-state index is 0.0914. The lowest BCUT2D eigenvalue weighted by atomic mass is 10.4. The fraction of sp³-hybridized carbons (Fsp3) is 0.800. The first-order valence-corrected chi connectivity index (χ1v) is 5.20. The van der Waals surface area contributed by atoms with Gasteiger partial charge in [0.2, 0.25) is 0 Å². The first-order chi connectivity index (χ1) is 7.28. The summed E-state index contributed by atoms with van der Waals surface area (Å²) in [5, 5.41) is 26.3. The molecule has 5 heteroatoms.